The van der Waals surface area contributed by atoms with E-state index in [1.165, 1.54) is 4.90 Å². The molecule has 138 valence electrons. The van der Waals surface area contributed by atoms with Gasteiger partial charge in [0, 0.05) is 29.9 Å². The zero-order chi connectivity index (χ0) is 18.6. The molecule has 1 N–H and O–H groups in total. The molecule has 1 unspecified atom stereocenters. The SMILES string of the molecule is O=C(CN1CCOCC1=O)NC(c1cccnc1)c1cc2ccccc2o1. The van der Waals surface area contributed by atoms with Gasteiger partial charge in [-0.25, -0.2) is 0 Å². The summed E-state index contributed by atoms with van der Waals surface area (Å²) in [7, 11) is 0. The first-order chi connectivity index (χ1) is 13.2. The van der Waals surface area contributed by atoms with Crippen LogP contribution >= 0.6 is 0 Å². The maximum Gasteiger partial charge on any atom is 0.249 e. The number of carbonyl (C=O) groups excluding carboxylic acids is 2. The second-order valence-electron chi connectivity index (χ2n) is 6.34. The van der Waals surface area contributed by atoms with Crippen molar-refractivity contribution < 1.29 is 18.7 Å². The number of hydrogen-bond acceptors (Lipinski definition) is 5. The quantitative estimate of drug-likeness (QED) is 0.746. The van der Waals surface area contributed by atoms with E-state index in [2.05, 4.69) is 10.3 Å². The first-order valence-corrected chi connectivity index (χ1v) is 8.74. The molecule has 1 aliphatic rings. The van der Waals surface area contributed by atoms with E-state index < -0.39 is 6.04 Å². The van der Waals surface area contributed by atoms with Crippen molar-refractivity contribution in [3.8, 4) is 0 Å². The van der Waals surface area contributed by atoms with E-state index in [1.54, 1.807) is 12.4 Å². The Morgan fingerprint density at radius 3 is 2.93 bits per heavy atom. The van der Waals surface area contributed by atoms with Gasteiger partial charge in [-0.05, 0) is 18.2 Å². The standard InChI is InChI=1S/C20H19N3O4/c24-18(12-23-8-9-26-13-19(23)25)22-20(15-5-3-7-21-11-15)17-10-14-4-1-2-6-16(14)27-17/h1-7,10-11,20H,8-9,12-13H2,(H,22,24). The zero-order valence-corrected chi connectivity index (χ0v) is 14.6. The Hall–Kier alpha value is -3.19. The number of nitrogens with zero attached hydrogens (tertiary/aromatic N) is 2. The maximum absolute atomic E-state index is 12.6. The minimum absolute atomic E-state index is 0.0147. The Kier molecular flexibility index (Phi) is 4.84. The molecule has 3 aromatic rings. The predicted octanol–water partition coefficient (Wildman–Crippen LogP) is 1.89. The van der Waals surface area contributed by atoms with E-state index in [-0.39, 0.29) is 25.0 Å². The van der Waals surface area contributed by atoms with Gasteiger partial charge < -0.3 is 19.4 Å². The average molecular weight is 365 g/mol. The molecular formula is C20H19N3O4. The van der Waals surface area contributed by atoms with Crippen LogP contribution in [0.25, 0.3) is 11.0 Å². The zero-order valence-electron chi connectivity index (χ0n) is 14.6. The molecule has 0 bridgehead atoms. The summed E-state index contributed by atoms with van der Waals surface area (Å²) in [5, 5.41) is 3.93. The normalized spacial score (nSPS) is 15.7. The average Bonchev–Trinajstić information content (AvgIpc) is 3.12. The summed E-state index contributed by atoms with van der Waals surface area (Å²) in [6.45, 7) is 0.852. The van der Waals surface area contributed by atoms with Crippen LogP contribution in [0.4, 0.5) is 0 Å². The van der Waals surface area contributed by atoms with Crippen molar-refractivity contribution in [2.24, 2.45) is 0 Å². The largest absolute Gasteiger partial charge is 0.459 e. The molecule has 4 rings (SSSR count). The van der Waals surface area contributed by atoms with Gasteiger partial charge in [0.2, 0.25) is 11.8 Å². The molecule has 2 aromatic heterocycles. The predicted molar refractivity (Wildman–Crippen MR) is 97.8 cm³/mol. The molecule has 1 aromatic carbocycles. The number of para-hydroxylation sites is 1. The van der Waals surface area contributed by atoms with Gasteiger partial charge in [-0.15, -0.1) is 0 Å². The van der Waals surface area contributed by atoms with E-state index in [9.17, 15) is 9.59 Å². The van der Waals surface area contributed by atoms with Crippen LogP contribution in [0.1, 0.15) is 17.4 Å². The number of amides is 2. The number of benzene rings is 1. The smallest absolute Gasteiger partial charge is 0.249 e. The number of pyridine rings is 1. The number of nitrogens with one attached hydrogen (secondary N) is 1. The lowest BCUT2D eigenvalue weighted by molar-refractivity contribution is -0.145. The second kappa shape index (κ2) is 7.59. The summed E-state index contributed by atoms with van der Waals surface area (Å²) in [6.07, 6.45) is 3.37. The Labute approximate surface area is 155 Å². The van der Waals surface area contributed by atoms with Gasteiger partial charge in [0.25, 0.3) is 0 Å². The fraction of sp³-hybridized carbons (Fsp3) is 0.250. The summed E-state index contributed by atoms with van der Waals surface area (Å²) >= 11 is 0. The summed E-state index contributed by atoms with van der Waals surface area (Å²) in [5.41, 5.74) is 1.55. The molecule has 27 heavy (non-hydrogen) atoms. The fourth-order valence-corrected chi connectivity index (χ4v) is 3.11. The molecule has 0 spiro atoms. The van der Waals surface area contributed by atoms with E-state index in [1.807, 2.05) is 42.5 Å². The van der Waals surface area contributed by atoms with Gasteiger partial charge in [-0.3, -0.25) is 14.6 Å². The summed E-state index contributed by atoms with van der Waals surface area (Å²) in [5.74, 6) is 0.170. The van der Waals surface area contributed by atoms with Gasteiger partial charge in [-0.1, -0.05) is 24.3 Å². The van der Waals surface area contributed by atoms with Crippen molar-refractivity contribution in [1.82, 2.24) is 15.2 Å². The first-order valence-electron chi connectivity index (χ1n) is 8.74. The molecular weight excluding hydrogens is 346 g/mol. The highest BCUT2D eigenvalue weighted by atomic mass is 16.5. The first kappa shape index (κ1) is 17.2. The van der Waals surface area contributed by atoms with E-state index in [4.69, 9.17) is 9.15 Å². The summed E-state index contributed by atoms with van der Waals surface area (Å²) in [4.78, 5) is 30.1. The van der Waals surface area contributed by atoms with Crippen molar-refractivity contribution in [3.05, 3.63) is 66.2 Å². The van der Waals surface area contributed by atoms with Gasteiger partial charge >= 0.3 is 0 Å². The Balaban J connectivity index is 1.58. The number of fused-ring (bicyclic) bond motifs is 1. The topological polar surface area (TPSA) is 84.7 Å². The molecule has 0 saturated carbocycles. The Bertz CT molecular complexity index is 921. The van der Waals surface area contributed by atoms with E-state index in [0.29, 0.717) is 18.9 Å². The number of hydrogen-bond donors (Lipinski definition) is 1. The highest BCUT2D eigenvalue weighted by Crippen LogP contribution is 2.28. The molecule has 7 heteroatoms. The lowest BCUT2D eigenvalue weighted by Gasteiger charge is -2.27. The maximum atomic E-state index is 12.6. The third-order valence-corrected chi connectivity index (χ3v) is 4.47. The van der Waals surface area contributed by atoms with Gasteiger partial charge in [0.1, 0.15) is 24.0 Å². The third-order valence-electron chi connectivity index (χ3n) is 4.47. The van der Waals surface area contributed by atoms with Crippen molar-refractivity contribution in [3.63, 3.8) is 0 Å². The van der Waals surface area contributed by atoms with Crippen LogP contribution in [0, 0.1) is 0 Å². The van der Waals surface area contributed by atoms with Gasteiger partial charge in [0.15, 0.2) is 0 Å². The Morgan fingerprint density at radius 2 is 2.15 bits per heavy atom. The van der Waals surface area contributed by atoms with Crippen LogP contribution < -0.4 is 5.32 Å². The van der Waals surface area contributed by atoms with Crippen molar-refractivity contribution in [2.45, 2.75) is 6.04 Å². The minimum Gasteiger partial charge on any atom is -0.459 e. The summed E-state index contributed by atoms with van der Waals surface area (Å²) in [6, 6.07) is 12.8. The number of furan rings is 1. The van der Waals surface area contributed by atoms with Crippen molar-refractivity contribution >= 4 is 22.8 Å². The van der Waals surface area contributed by atoms with Crippen LogP contribution in [0.5, 0.6) is 0 Å². The van der Waals surface area contributed by atoms with Crippen LogP contribution in [-0.2, 0) is 14.3 Å². The number of ether oxygens (including phenoxy) is 1. The van der Waals surface area contributed by atoms with Gasteiger partial charge in [0.05, 0.1) is 13.2 Å². The fourth-order valence-electron chi connectivity index (χ4n) is 3.11. The molecule has 1 atom stereocenters. The Morgan fingerprint density at radius 1 is 1.26 bits per heavy atom. The molecule has 1 saturated heterocycles. The molecule has 3 heterocycles. The highest BCUT2D eigenvalue weighted by Gasteiger charge is 2.25. The van der Waals surface area contributed by atoms with Crippen LogP contribution in [0.3, 0.4) is 0 Å². The number of carbonyl (C=O) groups is 2. The minimum atomic E-state index is -0.491. The van der Waals surface area contributed by atoms with Crippen molar-refractivity contribution in [1.29, 1.82) is 0 Å². The summed E-state index contributed by atoms with van der Waals surface area (Å²) < 4.78 is 11.1. The van der Waals surface area contributed by atoms with Crippen LogP contribution in [0.2, 0.25) is 0 Å². The van der Waals surface area contributed by atoms with Crippen LogP contribution in [0.15, 0.2) is 59.3 Å². The molecule has 7 nitrogen and oxygen atoms in total. The molecule has 0 aliphatic carbocycles. The molecule has 2 amide bonds. The van der Waals surface area contributed by atoms with Crippen molar-refractivity contribution in [2.75, 3.05) is 26.3 Å². The number of rotatable bonds is 5. The molecule has 1 aliphatic heterocycles. The van der Waals surface area contributed by atoms with E-state index in [0.717, 1.165) is 16.5 Å². The lowest BCUT2D eigenvalue weighted by atomic mass is 10.1. The van der Waals surface area contributed by atoms with Gasteiger partial charge in [-0.2, -0.15) is 0 Å². The lowest BCUT2D eigenvalue weighted by Crippen LogP contribution is -2.47. The molecule has 1 fully saturated rings. The second-order valence-corrected chi connectivity index (χ2v) is 6.34. The number of aromatic nitrogens is 1. The third kappa shape index (κ3) is 3.83. The van der Waals surface area contributed by atoms with Crippen LogP contribution in [-0.4, -0.2) is 48.0 Å². The van der Waals surface area contributed by atoms with E-state index >= 15 is 0 Å². The molecule has 0 radical (unpaired) electrons. The highest BCUT2D eigenvalue weighted by molar-refractivity contribution is 5.86. The monoisotopic (exact) mass is 365 g/mol. The number of morpholine rings is 1.